The van der Waals surface area contributed by atoms with E-state index in [4.69, 9.17) is 9.84 Å². The molecular weight excluding hydrogens is 294 g/mol. The van der Waals surface area contributed by atoms with Gasteiger partial charge in [-0.15, -0.1) is 0 Å². The molecule has 2 saturated heterocycles. The van der Waals surface area contributed by atoms with Crippen LogP contribution in [0.25, 0.3) is 0 Å². The van der Waals surface area contributed by atoms with Gasteiger partial charge in [-0.2, -0.15) is 0 Å². The van der Waals surface area contributed by atoms with Crippen LogP contribution in [0.2, 0.25) is 0 Å². The van der Waals surface area contributed by atoms with Crippen molar-refractivity contribution in [3.8, 4) is 5.75 Å². The van der Waals surface area contributed by atoms with E-state index in [2.05, 4.69) is 11.5 Å². The quantitative estimate of drug-likeness (QED) is 0.788. The topological polar surface area (TPSA) is 70.0 Å². The second-order valence-corrected chi connectivity index (χ2v) is 6.53. The standard InChI is InChI=1S/C18H23NO4/c1-12-8-14-4-5-15(9-12)19(14)10-16(20)11-23-17-6-2-13(3-7-17)18(21)22/h2-3,6-7,14-16,20H,1,4-5,8-11H2,(H,21,22). The Morgan fingerprint density at radius 2 is 1.87 bits per heavy atom. The van der Waals surface area contributed by atoms with E-state index in [1.54, 1.807) is 12.1 Å². The third-order valence-electron chi connectivity index (χ3n) is 4.78. The lowest BCUT2D eigenvalue weighted by molar-refractivity contribution is 0.0432. The van der Waals surface area contributed by atoms with Crippen LogP contribution in [0.3, 0.4) is 0 Å². The van der Waals surface area contributed by atoms with Crippen molar-refractivity contribution in [3.63, 3.8) is 0 Å². The van der Waals surface area contributed by atoms with Crippen LogP contribution in [0.4, 0.5) is 0 Å². The number of fused-ring (bicyclic) bond motifs is 2. The second kappa shape index (κ2) is 6.72. The van der Waals surface area contributed by atoms with Crippen LogP contribution in [0.1, 0.15) is 36.0 Å². The first-order valence-corrected chi connectivity index (χ1v) is 8.09. The molecule has 1 aromatic rings. The second-order valence-electron chi connectivity index (χ2n) is 6.53. The Labute approximate surface area is 136 Å². The molecule has 2 heterocycles. The van der Waals surface area contributed by atoms with Crippen molar-refractivity contribution in [2.75, 3.05) is 13.2 Å². The maximum Gasteiger partial charge on any atom is 0.335 e. The number of carboxylic acid groups (broad SMARTS) is 1. The molecule has 2 N–H and O–H groups in total. The molecule has 3 atom stereocenters. The maximum absolute atomic E-state index is 10.8. The molecule has 0 amide bonds. The van der Waals surface area contributed by atoms with Gasteiger partial charge in [0.1, 0.15) is 18.5 Å². The zero-order chi connectivity index (χ0) is 16.4. The molecule has 2 aliphatic heterocycles. The summed E-state index contributed by atoms with van der Waals surface area (Å²) in [6, 6.07) is 7.27. The summed E-state index contributed by atoms with van der Waals surface area (Å²) in [6.45, 7) is 4.94. The minimum atomic E-state index is -0.959. The zero-order valence-corrected chi connectivity index (χ0v) is 13.1. The molecule has 3 unspecified atom stereocenters. The van der Waals surface area contributed by atoms with Crippen LogP contribution in [0, 0.1) is 0 Å². The Bertz CT molecular complexity index is 567. The number of ether oxygens (including phenoxy) is 1. The fourth-order valence-corrected chi connectivity index (χ4v) is 3.68. The zero-order valence-electron chi connectivity index (χ0n) is 13.1. The molecule has 5 nitrogen and oxygen atoms in total. The molecule has 2 bridgehead atoms. The third-order valence-corrected chi connectivity index (χ3v) is 4.78. The van der Waals surface area contributed by atoms with E-state index in [0.29, 0.717) is 24.4 Å². The molecule has 0 aliphatic carbocycles. The number of rotatable bonds is 6. The van der Waals surface area contributed by atoms with Crippen molar-refractivity contribution >= 4 is 5.97 Å². The van der Waals surface area contributed by atoms with Crippen LogP contribution in [0.5, 0.6) is 5.75 Å². The van der Waals surface area contributed by atoms with Gasteiger partial charge in [-0.05, 0) is 49.9 Å². The Balaban J connectivity index is 1.49. The highest BCUT2D eigenvalue weighted by atomic mass is 16.5. The molecule has 2 fully saturated rings. The normalized spacial score (nSPS) is 25.3. The lowest BCUT2D eigenvalue weighted by Crippen LogP contribution is -2.45. The van der Waals surface area contributed by atoms with Gasteiger partial charge in [-0.25, -0.2) is 4.79 Å². The van der Waals surface area contributed by atoms with Crippen molar-refractivity contribution in [3.05, 3.63) is 42.0 Å². The lowest BCUT2D eigenvalue weighted by Gasteiger charge is -2.36. The average Bonchev–Trinajstić information content (AvgIpc) is 2.76. The first-order valence-electron chi connectivity index (χ1n) is 8.09. The van der Waals surface area contributed by atoms with Crippen molar-refractivity contribution < 1.29 is 19.7 Å². The number of piperidine rings is 1. The predicted octanol–water partition coefficient (Wildman–Crippen LogP) is 2.31. The van der Waals surface area contributed by atoms with E-state index in [1.807, 2.05) is 0 Å². The summed E-state index contributed by atoms with van der Waals surface area (Å²) in [5, 5.41) is 19.1. The highest BCUT2D eigenvalue weighted by molar-refractivity contribution is 5.87. The van der Waals surface area contributed by atoms with Crippen molar-refractivity contribution in [1.82, 2.24) is 4.90 Å². The number of nitrogens with zero attached hydrogens (tertiary/aromatic N) is 1. The van der Waals surface area contributed by atoms with E-state index in [1.165, 1.54) is 30.5 Å². The fraction of sp³-hybridized carbons (Fsp3) is 0.500. The summed E-state index contributed by atoms with van der Waals surface area (Å²) in [5.74, 6) is -0.386. The average molecular weight is 317 g/mol. The Morgan fingerprint density at radius 3 is 2.43 bits per heavy atom. The summed E-state index contributed by atoms with van der Waals surface area (Å²) in [4.78, 5) is 13.2. The smallest absolute Gasteiger partial charge is 0.335 e. The van der Waals surface area contributed by atoms with Crippen molar-refractivity contribution in [1.29, 1.82) is 0 Å². The third kappa shape index (κ3) is 3.74. The minimum Gasteiger partial charge on any atom is -0.491 e. The number of hydrogen-bond donors (Lipinski definition) is 2. The van der Waals surface area contributed by atoms with Gasteiger partial charge in [-0.1, -0.05) is 12.2 Å². The number of aromatic carboxylic acids is 1. The number of hydrogen-bond acceptors (Lipinski definition) is 4. The van der Waals surface area contributed by atoms with Crippen LogP contribution in [0.15, 0.2) is 36.4 Å². The molecule has 1 aromatic carbocycles. The summed E-state index contributed by atoms with van der Waals surface area (Å²) >= 11 is 0. The lowest BCUT2D eigenvalue weighted by atomic mass is 9.98. The fourth-order valence-electron chi connectivity index (χ4n) is 3.68. The van der Waals surface area contributed by atoms with Gasteiger partial charge in [0.25, 0.3) is 0 Å². The van der Waals surface area contributed by atoms with Crippen LogP contribution < -0.4 is 4.74 Å². The maximum atomic E-state index is 10.8. The van der Waals surface area contributed by atoms with E-state index in [9.17, 15) is 9.90 Å². The first kappa shape index (κ1) is 16.0. The number of aliphatic hydroxyl groups is 1. The molecule has 2 aliphatic rings. The largest absolute Gasteiger partial charge is 0.491 e. The summed E-state index contributed by atoms with van der Waals surface area (Å²) in [7, 11) is 0. The number of aliphatic hydroxyl groups excluding tert-OH is 1. The van der Waals surface area contributed by atoms with Gasteiger partial charge in [0.05, 0.1) is 5.56 Å². The highest BCUT2D eigenvalue weighted by Gasteiger charge is 2.38. The van der Waals surface area contributed by atoms with Gasteiger partial charge in [0, 0.05) is 18.6 Å². The van der Waals surface area contributed by atoms with E-state index in [0.717, 1.165) is 12.8 Å². The molecule has 0 radical (unpaired) electrons. The van der Waals surface area contributed by atoms with Gasteiger partial charge in [0.15, 0.2) is 0 Å². The van der Waals surface area contributed by atoms with E-state index in [-0.39, 0.29) is 12.2 Å². The van der Waals surface area contributed by atoms with Gasteiger partial charge >= 0.3 is 5.97 Å². The molecule has 0 spiro atoms. The number of carbonyl (C=O) groups is 1. The van der Waals surface area contributed by atoms with Gasteiger partial charge in [0.2, 0.25) is 0 Å². The molecule has 124 valence electrons. The van der Waals surface area contributed by atoms with E-state index >= 15 is 0 Å². The number of carboxylic acids is 1. The highest BCUT2D eigenvalue weighted by Crippen LogP contribution is 2.37. The monoisotopic (exact) mass is 317 g/mol. The Morgan fingerprint density at radius 1 is 1.26 bits per heavy atom. The SMILES string of the molecule is C=C1CC2CCC(C1)N2CC(O)COc1ccc(C(=O)O)cc1. The Kier molecular flexibility index (Phi) is 4.68. The molecule has 0 saturated carbocycles. The van der Waals surface area contributed by atoms with E-state index < -0.39 is 12.1 Å². The summed E-state index contributed by atoms with van der Waals surface area (Å²) < 4.78 is 5.57. The molecule has 0 aromatic heterocycles. The summed E-state index contributed by atoms with van der Waals surface area (Å²) in [5.41, 5.74) is 1.56. The number of benzene rings is 1. The molecule has 3 rings (SSSR count). The van der Waals surface area contributed by atoms with Crippen LogP contribution in [-0.2, 0) is 0 Å². The Hall–Kier alpha value is -1.85. The van der Waals surface area contributed by atoms with Gasteiger partial charge in [-0.3, -0.25) is 4.90 Å². The summed E-state index contributed by atoms with van der Waals surface area (Å²) in [6.07, 6.45) is 3.91. The van der Waals surface area contributed by atoms with Crippen LogP contribution >= 0.6 is 0 Å². The minimum absolute atomic E-state index is 0.212. The molecular formula is C18H23NO4. The predicted molar refractivity (Wildman–Crippen MR) is 86.8 cm³/mol. The molecule has 23 heavy (non-hydrogen) atoms. The van der Waals surface area contributed by atoms with Gasteiger partial charge < -0.3 is 14.9 Å². The van der Waals surface area contributed by atoms with Crippen molar-refractivity contribution in [2.24, 2.45) is 0 Å². The van der Waals surface area contributed by atoms with Crippen molar-refractivity contribution in [2.45, 2.75) is 43.9 Å². The van der Waals surface area contributed by atoms with Crippen LogP contribution in [-0.4, -0.2) is 52.4 Å². The molecule has 5 heteroatoms. The first-order chi connectivity index (χ1) is 11.0.